The first kappa shape index (κ1) is 21.8. The zero-order valence-electron chi connectivity index (χ0n) is 17.5. The van der Waals surface area contributed by atoms with Crippen molar-refractivity contribution in [1.82, 2.24) is 4.57 Å². The molecular weight excluding hydrogens is 392 g/mol. The molecule has 0 aliphatic heterocycles. The quantitative estimate of drug-likeness (QED) is 0.720. The predicted octanol–water partition coefficient (Wildman–Crippen LogP) is 4.08. The molecule has 0 spiro atoms. The van der Waals surface area contributed by atoms with Crippen LogP contribution >= 0.6 is 0 Å². The van der Waals surface area contributed by atoms with Crippen molar-refractivity contribution in [3.05, 3.63) is 46.4 Å². The molecule has 6 nitrogen and oxygen atoms in total. The third-order valence-electron chi connectivity index (χ3n) is 5.08. The molecule has 8 heteroatoms. The average molecular weight is 417 g/mol. The van der Waals surface area contributed by atoms with Gasteiger partial charge in [0.1, 0.15) is 0 Å². The van der Waals surface area contributed by atoms with E-state index < -0.39 is 30.6 Å². The minimum atomic E-state index is -2.76. The highest BCUT2D eigenvalue weighted by Gasteiger charge is 2.48. The van der Waals surface area contributed by atoms with Crippen molar-refractivity contribution in [2.75, 3.05) is 19.0 Å². The van der Waals surface area contributed by atoms with Crippen LogP contribution < -0.4 is 10.9 Å². The summed E-state index contributed by atoms with van der Waals surface area (Å²) in [6.07, 6.45) is 0.861. The number of methoxy groups -OCH3 is 1. The fourth-order valence-corrected chi connectivity index (χ4v) is 3.47. The number of aryl methyl sites for hydroxylation is 2. The predicted molar refractivity (Wildman–Crippen MR) is 113 cm³/mol. The van der Waals surface area contributed by atoms with Gasteiger partial charge in [-0.1, -0.05) is 6.07 Å². The molecular formula is C22H25F2N3O3. The smallest absolute Gasteiger partial charge is 0.253 e. The van der Waals surface area contributed by atoms with E-state index in [-0.39, 0.29) is 5.56 Å². The Labute approximate surface area is 173 Å². The largest absolute Gasteiger partial charge is 0.379 e. The number of anilines is 1. The second-order valence-corrected chi connectivity index (χ2v) is 7.79. The molecule has 1 aromatic carbocycles. The molecule has 1 saturated carbocycles. The van der Waals surface area contributed by atoms with Crippen molar-refractivity contribution in [1.29, 1.82) is 0 Å². The number of amides is 1. The number of nitrogens with one attached hydrogen (secondary N) is 1. The van der Waals surface area contributed by atoms with Crippen LogP contribution in [0.2, 0.25) is 0 Å². The third kappa shape index (κ3) is 4.81. The first-order valence-corrected chi connectivity index (χ1v) is 9.63. The number of carbonyl (C=O) groups is 1. The van der Waals surface area contributed by atoms with Crippen LogP contribution in [0.4, 0.5) is 20.2 Å². The highest BCUT2D eigenvalue weighted by Crippen LogP contribution is 2.43. The Morgan fingerprint density at radius 3 is 2.60 bits per heavy atom. The summed E-state index contributed by atoms with van der Waals surface area (Å²) in [6.45, 7) is 3.85. The van der Waals surface area contributed by atoms with Gasteiger partial charge in [0.15, 0.2) is 0 Å². The molecule has 160 valence electrons. The molecule has 1 aromatic heterocycles. The summed E-state index contributed by atoms with van der Waals surface area (Å²) in [5.74, 6) is -3.90. The van der Waals surface area contributed by atoms with Gasteiger partial charge in [-0.05, 0) is 43.2 Å². The minimum absolute atomic E-state index is 0.0749. The summed E-state index contributed by atoms with van der Waals surface area (Å²) in [6, 6.07) is 7.09. The van der Waals surface area contributed by atoms with Gasteiger partial charge in [0, 0.05) is 50.4 Å². The highest BCUT2D eigenvalue weighted by molar-refractivity contribution is 5.98. The lowest BCUT2D eigenvalue weighted by Crippen LogP contribution is -2.42. The molecule has 1 N–H and O–H groups in total. The molecule has 2 aromatic rings. The molecule has 0 radical (unpaired) electrons. The van der Waals surface area contributed by atoms with Gasteiger partial charge in [0.05, 0.1) is 18.0 Å². The van der Waals surface area contributed by atoms with Crippen molar-refractivity contribution < 1.29 is 18.3 Å². The van der Waals surface area contributed by atoms with E-state index in [1.54, 1.807) is 58.5 Å². The monoisotopic (exact) mass is 417 g/mol. The Hall–Kier alpha value is -2.87. The van der Waals surface area contributed by atoms with Gasteiger partial charge in [0.2, 0.25) is 11.8 Å². The summed E-state index contributed by atoms with van der Waals surface area (Å²) in [5.41, 5.74) is 3.80. The lowest BCUT2D eigenvalue weighted by molar-refractivity contribution is -0.145. The second kappa shape index (κ2) is 8.47. The van der Waals surface area contributed by atoms with E-state index >= 15 is 0 Å². The molecule has 1 aliphatic carbocycles. The van der Waals surface area contributed by atoms with E-state index in [4.69, 9.17) is 4.74 Å². The molecule has 0 bridgehead atoms. The standard InChI is InChI=1S/C22H25F2N3O3/c1-13-7-16(11-27(3)21(13)29)15-5-6-18(19(8-15)25-14(2)12-30-4)26-20(28)17-9-22(23,24)10-17/h5-8,11,17H,9-10,12H2,1-4H3,(H,26,28)/b25-14+. The number of ether oxygens (including phenoxy) is 1. The van der Waals surface area contributed by atoms with Crippen LogP contribution in [0.5, 0.6) is 0 Å². The molecule has 0 saturated heterocycles. The number of aromatic nitrogens is 1. The van der Waals surface area contributed by atoms with Crippen LogP contribution in [0.15, 0.2) is 40.2 Å². The molecule has 0 unspecified atom stereocenters. The number of aliphatic imine (C=N–C) groups is 1. The van der Waals surface area contributed by atoms with E-state index in [1.165, 1.54) is 4.57 Å². The SMILES string of the molecule is COC/C(C)=N/c1cc(-c2cc(C)c(=O)n(C)c2)ccc1NC(=O)C1CC(F)(F)C1. The van der Waals surface area contributed by atoms with Crippen LogP contribution in [-0.2, 0) is 16.6 Å². The van der Waals surface area contributed by atoms with Gasteiger partial charge in [-0.25, -0.2) is 8.78 Å². The van der Waals surface area contributed by atoms with E-state index in [1.807, 2.05) is 0 Å². The summed E-state index contributed by atoms with van der Waals surface area (Å²) >= 11 is 0. The Balaban J connectivity index is 1.96. The fourth-order valence-electron chi connectivity index (χ4n) is 3.47. The number of benzene rings is 1. The second-order valence-electron chi connectivity index (χ2n) is 7.79. The molecule has 0 atom stereocenters. The van der Waals surface area contributed by atoms with E-state index in [9.17, 15) is 18.4 Å². The number of rotatable bonds is 6. The zero-order chi connectivity index (χ0) is 22.1. The highest BCUT2D eigenvalue weighted by atomic mass is 19.3. The third-order valence-corrected chi connectivity index (χ3v) is 5.08. The first-order chi connectivity index (χ1) is 14.1. The normalized spacial score (nSPS) is 16.3. The van der Waals surface area contributed by atoms with Crippen LogP contribution in [0, 0.1) is 12.8 Å². The Morgan fingerprint density at radius 2 is 2.00 bits per heavy atom. The zero-order valence-corrected chi connectivity index (χ0v) is 17.5. The Morgan fingerprint density at radius 1 is 1.30 bits per heavy atom. The number of hydrogen-bond donors (Lipinski definition) is 1. The van der Waals surface area contributed by atoms with E-state index in [0.717, 1.165) is 11.1 Å². The molecule has 1 amide bonds. The molecule has 1 aliphatic rings. The summed E-state index contributed by atoms with van der Waals surface area (Å²) in [5, 5.41) is 2.73. The van der Waals surface area contributed by atoms with Crippen molar-refractivity contribution >= 4 is 23.0 Å². The van der Waals surface area contributed by atoms with Crippen molar-refractivity contribution in [2.24, 2.45) is 18.0 Å². The molecule has 1 heterocycles. The lowest BCUT2D eigenvalue weighted by Gasteiger charge is -2.33. The van der Waals surface area contributed by atoms with Gasteiger partial charge >= 0.3 is 0 Å². The minimum Gasteiger partial charge on any atom is -0.379 e. The summed E-state index contributed by atoms with van der Waals surface area (Å²) < 4.78 is 32.8. The molecule has 3 rings (SSSR count). The van der Waals surface area contributed by atoms with Gasteiger partial charge in [0.25, 0.3) is 5.56 Å². The molecule has 1 fully saturated rings. The van der Waals surface area contributed by atoms with Crippen LogP contribution in [0.25, 0.3) is 11.1 Å². The topological polar surface area (TPSA) is 72.7 Å². The maximum atomic E-state index is 13.1. The van der Waals surface area contributed by atoms with Gasteiger partial charge < -0.3 is 14.6 Å². The molecule has 30 heavy (non-hydrogen) atoms. The maximum absolute atomic E-state index is 13.1. The maximum Gasteiger partial charge on any atom is 0.253 e. The lowest BCUT2D eigenvalue weighted by atomic mass is 9.80. The van der Waals surface area contributed by atoms with Crippen LogP contribution in [0.1, 0.15) is 25.3 Å². The number of alkyl halides is 2. The number of pyridine rings is 1. The van der Waals surface area contributed by atoms with Gasteiger partial charge in [-0.3, -0.25) is 14.6 Å². The Bertz CT molecular complexity index is 1030. The van der Waals surface area contributed by atoms with Crippen LogP contribution in [-0.4, -0.2) is 35.8 Å². The summed E-state index contributed by atoms with van der Waals surface area (Å²) in [7, 11) is 3.24. The first-order valence-electron chi connectivity index (χ1n) is 9.63. The van der Waals surface area contributed by atoms with Crippen molar-refractivity contribution in [2.45, 2.75) is 32.6 Å². The number of nitrogens with zero attached hydrogens (tertiary/aromatic N) is 2. The van der Waals surface area contributed by atoms with Crippen molar-refractivity contribution in [3.63, 3.8) is 0 Å². The van der Waals surface area contributed by atoms with Gasteiger partial charge in [-0.2, -0.15) is 0 Å². The van der Waals surface area contributed by atoms with Gasteiger partial charge in [-0.15, -0.1) is 0 Å². The van der Waals surface area contributed by atoms with E-state index in [0.29, 0.717) is 29.3 Å². The van der Waals surface area contributed by atoms with Crippen LogP contribution in [0.3, 0.4) is 0 Å². The Kier molecular flexibility index (Phi) is 6.17. The van der Waals surface area contributed by atoms with Crippen molar-refractivity contribution in [3.8, 4) is 11.1 Å². The number of halogens is 2. The summed E-state index contributed by atoms with van der Waals surface area (Å²) in [4.78, 5) is 28.9. The fraction of sp³-hybridized carbons (Fsp3) is 0.409. The number of hydrogen-bond acceptors (Lipinski definition) is 4. The average Bonchev–Trinajstić information content (AvgIpc) is 2.65. The van der Waals surface area contributed by atoms with E-state index in [2.05, 4.69) is 10.3 Å². The number of carbonyl (C=O) groups excluding carboxylic acids is 1.